The number of fused-ring (bicyclic) bond motifs is 2. The number of carbonyl (C=O) groups is 1. The van der Waals surface area contributed by atoms with E-state index in [9.17, 15) is 4.79 Å². The molecule has 5 aromatic rings. The van der Waals surface area contributed by atoms with Gasteiger partial charge in [0, 0.05) is 21.5 Å². The second kappa shape index (κ2) is 7.98. The van der Waals surface area contributed by atoms with Gasteiger partial charge in [-0.25, -0.2) is 14.6 Å². The maximum absolute atomic E-state index is 13.2. The van der Waals surface area contributed by atoms with Gasteiger partial charge in [-0.05, 0) is 42.6 Å². The van der Waals surface area contributed by atoms with Crippen LogP contribution in [0.4, 0.5) is 5.13 Å². The Balaban J connectivity index is 1.27. The van der Waals surface area contributed by atoms with Crippen LogP contribution in [0, 0.1) is 6.92 Å². The molecule has 0 saturated carbocycles. The first-order chi connectivity index (χ1) is 16.1. The molecule has 6 rings (SSSR count). The summed E-state index contributed by atoms with van der Waals surface area (Å²) < 4.78 is 12.6. The molecular formula is C23H17N5O3S2. The van der Waals surface area contributed by atoms with Crippen LogP contribution in [0.2, 0.25) is 0 Å². The summed E-state index contributed by atoms with van der Waals surface area (Å²) in [5.74, 6) is 1.17. The molecule has 0 aliphatic carbocycles. The number of nitrogens with zero attached hydrogens (tertiary/aromatic N) is 4. The number of amides is 1. The molecule has 1 N–H and O–H groups in total. The minimum atomic E-state index is -0.243. The van der Waals surface area contributed by atoms with Crippen molar-refractivity contribution in [1.82, 2.24) is 19.7 Å². The van der Waals surface area contributed by atoms with Crippen molar-refractivity contribution < 1.29 is 14.3 Å². The van der Waals surface area contributed by atoms with Crippen LogP contribution < -0.4 is 14.8 Å². The summed E-state index contributed by atoms with van der Waals surface area (Å²) in [6.07, 6.45) is 1.70. The van der Waals surface area contributed by atoms with E-state index in [0.717, 1.165) is 22.7 Å². The maximum Gasteiger partial charge on any atom is 0.258 e. The Labute approximate surface area is 196 Å². The third-order valence-electron chi connectivity index (χ3n) is 5.26. The fourth-order valence-corrected chi connectivity index (χ4v) is 5.11. The van der Waals surface area contributed by atoms with E-state index in [-0.39, 0.29) is 12.7 Å². The average Bonchev–Trinajstić information content (AvgIpc) is 3.61. The highest BCUT2D eigenvalue weighted by molar-refractivity contribution is 7.14. The first-order valence-corrected chi connectivity index (χ1v) is 11.9. The highest BCUT2D eigenvalue weighted by atomic mass is 32.1. The Morgan fingerprint density at radius 1 is 1.15 bits per heavy atom. The van der Waals surface area contributed by atoms with Gasteiger partial charge in [-0.1, -0.05) is 6.07 Å². The number of nitrogens with one attached hydrogen (secondary N) is 1. The number of ether oxygens (including phenoxy) is 2. The van der Waals surface area contributed by atoms with Gasteiger partial charge >= 0.3 is 0 Å². The lowest BCUT2D eigenvalue weighted by Crippen LogP contribution is -2.13. The molecule has 0 atom stereocenters. The van der Waals surface area contributed by atoms with Gasteiger partial charge in [0.2, 0.25) is 6.79 Å². The van der Waals surface area contributed by atoms with Crippen molar-refractivity contribution in [2.24, 2.45) is 0 Å². The maximum atomic E-state index is 13.2. The molecule has 1 aromatic carbocycles. The molecule has 1 amide bonds. The zero-order chi connectivity index (χ0) is 22.4. The van der Waals surface area contributed by atoms with Crippen molar-refractivity contribution in [3.8, 4) is 22.8 Å². The standard InChI is InChI=1S/C23H17N5O3S2/c1-13-7-16(17-9-24-28(21(17)25-13)10-15-3-2-6-32-15)22(29)27-23-26-18(11-33-23)14-4-5-19-20(8-14)31-12-30-19/h2-9,11H,10,12H2,1H3,(H,26,27,29). The van der Waals surface area contributed by atoms with Crippen LogP contribution >= 0.6 is 22.7 Å². The summed E-state index contributed by atoms with van der Waals surface area (Å²) >= 11 is 3.03. The molecule has 5 heterocycles. The van der Waals surface area contributed by atoms with Crippen molar-refractivity contribution in [3.05, 3.63) is 69.5 Å². The third kappa shape index (κ3) is 3.73. The zero-order valence-corrected chi connectivity index (χ0v) is 19.1. The summed E-state index contributed by atoms with van der Waals surface area (Å²) in [5, 5.41) is 12.6. The highest BCUT2D eigenvalue weighted by Crippen LogP contribution is 2.36. The number of hydrogen-bond acceptors (Lipinski definition) is 8. The number of carbonyl (C=O) groups excluding carboxylic acids is 1. The Morgan fingerprint density at radius 2 is 2.06 bits per heavy atom. The SMILES string of the molecule is Cc1cc(C(=O)Nc2nc(-c3ccc4c(c3)OCO4)cs2)c2cnn(Cc3cccs3)c2n1. The van der Waals surface area contributed by atoms with E-state index in [1.807, 2.05) is 46.6 Å². The number of aryl methyl sites for hydroxylation is 1. The average molecular weight is 476 g/mol. The van der Waals surface area contributed by atoms with Crippen molar-refractivity contribution >= 4 is 44.7 Å². The molecule has 1 aliphatic rings. The van der Waals surface area contributed by atoms with Crippen molar-refractivity contribution in [2.45, 2.75) is 13.5 Å². The van der Waals surface area contributed by atoms with Crippen LogP contribution in [0.1, 0.15) is 20.9 Å². The van der Waals surface area contributed by atoms with Crippen molar-refractivity contribution in [3.63, 3.8) is 0 Å². The second-order valence-corrected chi connectivity index (χ2v) is 9.38. The Bertz CT molecular complexity index is 1490. The molecule has 1 aliphatic heterocycles. The summed E-state index contributed by atoms with van der Waals surface area (Å²) in [7, 11) is 0. The van der Waals surface area contributed by atoms with Crippen LogP contribution in [0.25, 0.3) is 22.3 Å². The number of thiophene rings is 1. The van der Waals surface area contributed by atoms with Crippen LogP contribution in [0.3, 0.4) is 0 Å². The molecule has 0 bridgehead atoms. The minimum absolute atomic E-state index is 0.223. The van der Waals surface area contributed by atoms with Gasteiger partial charge in [-0.3, -0.25) is 10.1 Å². The lowest BCUT2D eigenvalue weighted by atomic mass is 10.1. The van der Waals surface area contributed by atoms with Gasteiger partial charge in [0.25, 0.3) is 5.91 Å². The van der Waals surface area contributed by atoms with Crippen molar-refractivity contribution in [1.29, 1.82) is 0 Å². The molecule has 0 unspecified atom stereocenters. The highest BCUT2D eigenvalue weighted by Gasteiger charge is 2.19. The van der Waals surface area contributed by atoms with E-state index in [4.69, 9.17) is 9.47 Å². The first kappa shape index (κ1) is 19.9. The molecule has 33 heavy (non-hydrogen) atoms. The summed E-state index contributed by atoms with van der Waals surface area (Å²) in [6.45, 7) is 2.71. The van der Waals surface area contributed by atoms with Gasteiger partial charge in [0.1, 0.15) is 0 Å². The predicted molar refractivity (Wildman–Crippen MR) is 127 cm³/mol. The fourth-order valence-electron chi connectivity index (χ4n) is 3.71. The van der Waals surface area contributed by atoms with Crippen LogP contribution in [-0.2, 0) is 6.54 Å². The predicted octanol–water partition coefficient (Wildman–Crippen LogP) is 4.95. The topological polar surface area (TPSA) is 91.2 Å². The molecule has 0 fully saturated rings. The molecule has 164 valence electrons. The molecule has 10 heteroatoms. The zero-order valence-electron chi connectivity index (χ0n) is 17.4. The van der Waals surface area contributed by atoms with Crippen molar-refractivity contribution in [2.75, 3.05) is 12.1 Å². The minimum Gasteiger partial charge on any atom is -0.454 e. The number of thiazole rings is 1. The van der Waals surface area contributed by atoms with Gasteiger partial charge < -0.3 is 9.47 Å². The molecule has 4 aromatic heterocycles. The molecule has 0 spiro atoms. The monoisotopic (exact) mass is 475 g/mol. The van der Waals surface area contributed by atoms with Gasteiger partial charge in [-0.15, -0.1) is 22.7 Å². The molecule has 0 radical (unpaired) electrons. The third-order valence-corrected chi connectivity index (χ3v) is 6.88. The number of hydrogen-bond donors (Lipinski definition) is 1. The number of pyridine rings is 1. The Kier molecular flexibility index (Phi) is 4.81. The Morgan fingerprint density at radius 3 is 2.94 bits per heavy atom. The van der Waals surface area contributed by atoms with E-state index in [0.29, 0.717) is 34.0 Å². The van der Waals surface area contributed by atoms with Crippen LogP contribution in [-0.4, -0.2) is 32.4 Å². The van der Waals surface area contributed by atoms with Crippen LogP contribution in [0.15, 0.2) is 53.4 Å². The number of benzene rings is 1. The largest absolute Gasteiger partial charge is 0.454 e. The van der Waals surface area contributed by atoms with Gasteiger partial charge in [0.15, 0.2) is 22.3 Å². The first-order valence-electron chi connectivity index (χ1n) is 10.2. The van der Waals surface area contributed by atoms with E-state index in [1.54, 1.807) is 23.6 Å². The number of aromatic nitrogens is 4. The summed E-state index contributed by atoms with van der Waals surface area (Å²) in [4.78, 5) is 23.5. The number of rotatable bonds is 5. The quantitative estimate of drug-likeness (QED) is 0.387. The van der Waals surface area contributed by atoms with E-state index >= 15 is 0 Å². The van der Waals surface area contributed by atoms with Crippen LogP contribution in [0.5, 0.6) is 11.5 Å². The Hall–Kier alpha value is -3.76. The molecular weight excluding hydrogens is 458 g/mol. The number of anilines is 1. The van der Waals surface area contributed by atoms with Gasteiger partial charge in [0.05, 0.1) is 29.4 Å². The fraction of sp³-hybridized carbons (Fsp3) is 0.130. The normalized spacial score (nSPS) is 12.4. The summed E-state index contributed by atoms with van der Waals surface area (Å²) in [6, 6.07) is 11.5. The van der Waals surface area contributed by atoms with E-state index in [2.05, 4.69) is 26.4 Å². The lowest BCUT2D eigenvalue weighted by molar-refractivity contribution is 0.102. The summed E-state index contributed by atoms with van der Waals surface area (Å²) in [5.41, 5.74) is 3.62. The second-order valence-electron chi connectivity index (χ2n) is 7.49. The molecule has 0 saturated heterocycles. The lowest BCUT2D eigenvalue weighted by Gasteiger charge is -2.06. The smallest absolute Gasteiger partial charge is 0.258 e. The van der Waals surface area contributed by atoms with E-state index < -0.39 is 0 Å². The molecule has 8 nitrogen and oxygen atoms in total. The van der Waals surface area contributed by atoms with Gasteiger partial charge in [-0.2, -0.15) is 5.10 Å². The van der Waals surface area contributed by atoms with E-state index in [1.165, 1.54) is 16.2 Å².